The van der Waals surface area contributed by atoms with E-state index in [2.05, 4.69) is 0 Å². The van der Waals surface area contributed by atoms with Gasteiger partial charge >= 0.3 is 6.18 Å². The second-order valence-electron chi connectivity index (χ2n) is 6.25. The van der Waals surface area contributed by atoms with Gasteiger partial charge in [-0.05, 0) is 35.7 Å². The third-order valence-corrected chi connectivity index (χ3v) is 4.28. The fourth-order valence-corrected chi connectivity index (χ4v) is 3.05. The van der Waals surface area contributed by atoms with Crippen molar-refractivity contribution in [3.63, 3.8) is 0 Å². The Morgan fingerprint density at radius 3 is 2.69 bits per heavy atom. The lowest BCUT2D eigenvalue weighted by atomic mass is 9.98. The molecule has 0 unspecified atom stereocenters. The molecule has 2 aromatic rings. The van der Waals surface area contributed by atoms with Crippen molar-refractivity contribution in [3.8, 4) is 22.6 Å². The molecule has 7 heteroatoms. The van der Waals surface area contributed by atoms with Crippen molar-refractivity contribution in [1.82, 2.24) is 4.90 Å². The predicted octanol–water partition coefficient (Wildman–Crippen LogP) is 4.04. The molecule has 4 nitrogen and oxygen atoms in total. The summed E-state index contributed by atoms with van der Waals surface area (Å²) in [5.74, 6) is -0.884. The molecule has 0 saturated heterocycles. The molecule has 2 aromatic carbocycles. The number of hydrogen-bond donors (Lipinski definition) is 1. The van der Waals surface area contributed by atoms with Crippen LogP contribution in [-0.2, 0) is 11.3 Å². The molecule has 138 valence electrons. The first-order valence-corrected chi connectivity index (χ1v) is 8.14. The molecule has 1 aliphatic heterocycles. The number of amides is 1. The summed E-state index contributed by atoms with van der Waals surface area (Å²) >= 11 is 0. The highest BCUT2D eigenvalue weighted by Crippen LogP contribution is 2.38. The number of carbonyl (C=O) groups is 1. The number of aryl methyl sites for hydroxylation is 1. The highest BCUT2D eigenvalue weighted by molar-refractivity contribution is 5.77. The summed E-state index contributed by atoms with van der Waals surface area (Å²) < 4.78 is 43.1. The van der Waals surface area contributed by atoms with Gasteiger partial charge in [0.05, 0.1) is 6.54 Å². The van der Waals surface area contributed by atoms with Crippen LogP contribution in [0.15, 0.2) is 36.4 Å². The molecule has 0 bridgehead atoms. The van der Waals surface area contributed by atoms with Crippen LogP contribution in [0.3, 0.4) is 0 Å². The van der Waals surface area contributed by atoms with Crippen LogP contribution in [0.4, 0.5) is 13.2 Å². The number of fused-ring (bicyclic) bond motifs is 1. The quantitative estimate of drug-likeness (QED) is 0.874. The number of phenols is 1. The van der Waals surface area contributed by atoms with Crippen LogP contribution < -0.4 is 4.74 Å². The molecule has 1 heterocycles. The third-order valence-electron chi connectivity index (χ3n) is 4.28. The zero-order valence-corrected chi connectivity index (χ0v) is 14.1. The van der Waals surface area contributed by atoms with Gasteiger partial charge in [0.2, 0.25) is 5.91 Å². The monoisotopic (exact) mass is 365 g/mol. The van der Waals surface area contributed by atoms with Gasteiger partial charge in [-0.25, -0.2) is 0 Å². The maximum absolute atomic E-state index is 12.5. The Hall–Kier alpha value is -2.70. The first-order chi connectivity index (χ1) is 12.2. The number of phenolic OH excluding ortho intramolecular Hbond substituents is 1. The minimum Gasteiger partial charge on any atom is -0.504 e. The summed E-state index contributed by atoms with van der Waals surface area (Å²) in [5, 5.41) is 10.3. The summed E-state index contributed by atoms with van der Waals surface area (Å²) in [5.41, 5.74) is 3.08. The van der Waals surface area contributed by atoms with Gasteiger partial charge < -0.3 is 14.7 Å². The smallest absolute Gasteiger partial charge is 0.397 e. The summed E-state index contributed by atoms with van der Waals surface area (Å²) in [6, 6.07) is 10.9. The Kier molecular flexibility index (Phi) is 4.80. The predicted molar refractivity (Wildman–Crippen MR) is 89.9 cm³/mol. The van der Waals surface area contributed by atoms with Crippen LogP contribution in [0, 0.1) is 6.92 Å². The molecule has 3 rings (SSSR count). The number of aromatic hydroxyl groups is 1. The van der Waals surface area contributed by atoms with Crippen LogP contribution in [0.25, 0.3) is 11.1 Å². The minimum atomic E-state index is -4.56. The van der Waals surface area contributed by atoms with E-state index in [4.69, 9.17) is 4.74 Å². The first-order valence-electron chi connectivity index (χ1n) is 8.14. The minimum absolute atomic E-state index is 0.0217. The second kappa shape index (κ2) is 6.90. The van der Waals surface area contributed by atoms with E-state index in [9.17, 15) is 23.1 Å². The van der Waals surface area contributed by atoms with Crippen molar-refractivity contribution in [1.29, 1.82) is 0 Å². The van der Waals surface area contributed by atoms with Crippen LogP contribution in [0.1, 0.15) is 17.5 Å². The lowest BCUT2D eigenvalue weighted by Gasteiger charge is -2.21. The number of ether oxygens (including phenoxy) is 1. The van der Waals surface area contributed by atoms with Crippen molar-refractivity contribution in [3.05, 3.63) is 47.5 Å². The Bertz CT molecular complexity index is 833. The van der Waals surface area contributed by atoms with E-state index >= 15 is 0 Å². The SMILES string of the molecule is Cc1ccccc1-c1cc(O)c2c(c1)CN(C(=O)CC(F)(F)F)CCO2. The average Bonchev–Trinajstić information content (AvgIpc) is 2.76. The summed E-state index contributed by atoms with van der Waals surface area (Å²) in [6.45, 7) is 1.93. The van der Waals surface area contributed by atoms with E-state index in [1.54, 1.807) is 12.1 Å². The molecule has 0 atom stereocenters. The Morgan fingerprint density at radius 1 is 1.27 bits per heavy atom. The van der Waals surface area contributed by atoms with Crippen molar-refractivity contribution in [2.75, 3.05) is 13.2 Å². The molecule has 0 radical (unpaired) electrons. The van der Waals surface area contributed by atoms with E-state index in [0.29, 0.717) is 11.1 Å². The van der Waals surface area contributed by atoms with Gasteiger partial charge in [0.25, 0.3) is 0 Å². The fraction of sp³-hybridized carbons (Fsp3) is 0.316. The van der Waals surface area contributed by atoms with Crippen LogP contribution in [0.2, 0.25) is 0 Å². The first kappa shape index (κ1) is 18.1. The van der Waals surface area contributed by atoms with Crippen molar-refractivity contribution >= 4 is 5.91 Å². The summed E-state index contributed by atoms with van der Waals surface area (Å²) in [4.78, 5) is 13.1. The number of nitrogens with zero attached hydrogens (tertiary/aromatic N) is 1. The number of rotatable bonds is 2. The molecule has 0 saturated carbocycles. The van der Waals surface area contributed by atoms with Gasteiger partial charge in [-0.15, -0.1) is 0 Å². The average molecular weight is 365 g/mol. The van der Waals surface area contributed by atoms with Gasteiger partial charge in [-0.3, -0.25) is 4.79 Å². The number of carbonyl (C=O) groups excluding carboxylic acids is 1. The van der Waals surface area contributed by atoms with Gasteiger partial charge in [0.1, 0.15) is 13.0 Å². The summed E-state index contributed by atoms with van der Waals surface area (Å²) in [6.07, 6.45) is -6.07. The largest absolute Gasteiger partial charge is 0.504 e. The van der Waals surface area contributed by atoms with Crippen molar-refractivity contribution in [2.24, 2.45) is 0 Å². The molecule has 0 fully saturated rings. The maximum atomic E-state index is 12.5. The molecule has 26 heavy (non-hydrogen) atoms. The molecule has 0 aliphatic carbocycles. The molecular formula is C19H18F3NO3. The molecule has 0 aromatic heterocycles. The molecule has 1 amide bonds. The topological polar surface area (TPSA) is 49.8 Å². The van der Waals surface area contributed by atoms with E-state index < -0.39 is 18.5 Å². The third kappa shape index (κ3) is 3.92. The second-order valence-corrected chi connectivity index (χ2v) is 6.25. The van der Waals surface area contributed by atoms with E-state index in [0.717, 1.165) is 16.0 Å². The van der Waals surface area contributed by atoms with Gasteiger partial charge in [0.15, 0.2) is 11.5 Å². The Labute approximate surface area is 148 Å². The number of halogens is 3. The number of benzene rings is 2. The maximum Gasteiger partial charge on any atom is 0.397 e. The van der Waals surface area contributed by atoms with E-state index in [-0.39, 0.29) is 31.2 Å². The molecule has 1 aliphatic rings. The zero-order chi connectivity index (χ0) is 18.9. The highest BCUT2D eigenvalue weighted by atomic mass is 19.4. The molecule has 1 N–H and O–H groups in total. The lowest BCUT2D eigenvalue weighted by molar-refractivity contribution is -0.161. The van der Waals surface area contributed by atoms with E-state index in [1.807, 2.05) is 31.2 Å². The highest BCUT2D eigenvalue weighted by Gasteiger charge is 2.34. The van der Waals surface area contributed by atoms with Crippen LogP contribution >= 0.6 is 0 Å². The lowest BCUT2D eigenvalue weighted by Crippen LogP contribution is -2.35. The molecule has 0 spiro atoms. The van der Waals surface area contributed by atoms with Crippen LogP contribution in [0.5, 0.6) is 11.5 Å². The normalized spacial score (nSPS) is 14.4. The Balaban J connectivity index is 1.95. The zero-order valence-electron chi connectivity index (χ0n) is 14.1. The number of alkyl halides is 3. The van der Waals surface area contributed by atoms with Gasteiger partial charge in [-0.2, -0.15) is 13.2 Å². The number of hydrogen-bond acceptors (Lipinski definition) is 3. The fourth-order valence-electron chi connectivity index (χ4n) is 3.05. The van der Waals surface area contributed by atoms with Gasteiger partial charge in [0, 0.05) is 12.1 Å². The van der Waals surface area contributed by atoms with Crippen molar-refractivity contribution in [2.45, 2.75) is 26.1 Å². The Morgan fingerprint density at radius 2 is 2.00 bits per heavy atom. The molecular weight excluding hydrogens is 347 g/mol. The van der Waals surface area contributed by atoms with E-state index in [1.165, 1.54) is 0 Å². The standard InChI is InChI=1S/C19H18F3NO3/c1-12-4-2-3-5-15(12)13-8-14-11-23(17(25)10-19(20,21)22)6-7-26-18(14)16(24)9-13/h2-5,8-9,24H,6-7,10-11H2,1H3. The summed E-state index contributed by atoms with van der Waals surface area (Å²) in [7, 11) is 0. The van der Waals surface area contributed by atoms with Crippen molar-refractivity contribution < 1.29 is 27.8 Å². The van der Waals surface area contributed by atoms with Gasteiger partial charge in [-0.1, -0.05) is 24.3 Å². The van der Waals surface area contributed by atoms with Crippen LogP contribution in [-0.4, -0.2) is 35.2 Å².